The van der Waals surface area contributed by atoms with Gasteiger partial charge in [0.1, 0.15) is 11.8 Å². The van der Waals surface area contributed by atoms with Gasteiger partial charge in [0.2, 0.25) is 0 Å². The summed E-state index contributed by atoms with van der Waals surface area (Å²) in [7, 11) is 1.61. The Labute approximate surface area is 125 Å². The number of aliphatic hydroxyl groups is 1. The van der Waals surface area contributed by atoms with Crippen LogP contribution in [0.3, 0.4) is 0 Å². The Balaban J connectivity index is 1.89. The zero-order valence-electron chi connectivity index (χ0n) is 12.6. The van der Waals surface area contributed by atoms with Gasteiger partial charge in [0.15, 0.2) is 5.75 Å². The highest BCUT2D eigenvalue weighted by Gasteiger charge is 2.25. The van der Waals surface area contributed by atoms with E-state index in [2.05, 4.69) is 24.2 Å². The predicted molar refractivity (Wildman–Crippen MR) is 81.5 cm³/mol. The molecule has 1 N–H and O–H groups in total. The third-order valence-corrected chi connectivity index (χ3v) is 4.06. The molecular weight excluding hydrogens is 264 g/mol. The number of hydrogen-bond donors (Lipinski definition) is 1. The van der Waals surface area contributed by atoms with Crippen molar-refractivity contribution in [3.8, 4) is 5.75 Å². The topological polar surface area (TPSA) is 47.3 Å². The molecule has 1 atom stereocenters. The first-order valence-corrected chi connectivity index (χ1v) is 7.62. The van der Waals surface area contributed by atoms with Gasteiger partial charge in [-0.25, -0.2) is 0 Å². The molecular formula is C17H22N2O2. The van der Waals surface area contributed by atoms with Gasteiger partial charge in [0.25, 0.3) is 0 Å². The molecule has 1 aromatic carbocycles. The zero-order chi connectivity index (χ0) is 14.8. The first-order chi connectivity index (χ1) is 10.2. The largest absolute Gasteiger partial charge is 0.493 e. The molecule has 1 aromatic heterocycles. The highest BCUT2D eigenvalue weighted by atomic mass is 16.5. The lowest BCUT2D eigenvalue weighted by molar-refractivity contribution is 0.202. The van der Waals surface area contributed by atoms with E-state index in [9.17, 15) is 5.11 Å². The minimum Gasteiger partial charge on any atom is -0.493 e. The summed E-state index contributed by atoms with van der Waals surface area (Å²) in [5.74, 6) is 1.37. The van der Waals surface area contributed by atoms with Crippen LogP contribution in [0.4, 0.5) is 0 Å². The second-order valence-electron chi connectivity index (χ2n) is 5.66. The van der Waals surface area contributed by atoms with Crippen molar-refractivity contribution < 1.29 is 9.84 Å². The lowest BCUT2D eigenvalue weighted by Gasteiger charge is -2.15. The summed E-state index contributed by atoms with van der Waals surface area (Å²) >= 11 is 0. The lowest BCUT2D eigenvalue weighted by Crippen LogP contribution is -2.11. The van der Waals surface area contributed by atoms with Crippen molar-refractivity contribution in [2.24, 2.45) is 0 Å². The predicted octanol–water partition coefficient (Wildman–Crippen LogP) is 3.26. The molecule has 4 heteroatoms. The van der Waals surface area contributed by atoms with E-state index in [-0.39, 0.29) is 0 Å². The molecule has 1 fully saturated rings. The number of aromatic nitrogens is 2. The Bertz CT molecular complexity index is 600. The Morgan fingerprint density at radius 2 is 2.05 bits per heavy atom. The maximum absolute atomic E-state index is 10.7. The average molecular weight is 286 g/mol. The van der Waals surface area contributed by atoms with E-state index in [1.54, 1.807) is 13.3 Å². The fourth-order valence-corrected chi connectivity index (χ4v) is 2.73. The third-order valence-electron chi connectivity index (χ3n) is 4.06. The lowest BCUT2D eigenvalue weighted by atomic mass is 10.0. The molecule has 4 nitrogen and oxygen atoms in total. The van der Waals surface area contributed by atoms with E-state index in [4.69, 9.17) is 4.74 Å². The van der Waals surface area contributed by atoms with Gasteiger partial charge in [0.05, 0.1) is 13.3 Å². The minimum absolute atomic E-state index is 0.641. The number of hydrogen-bond acceptors (Lipinski definition) is 3. The fourth-order valence-electron chi connectivity index (χ4n) is 2.73. The van der Waals surface area contributed by atoms with Crippen molar-refractivity contribution in [3.63, 3.8) is 0 Å². The van der Waals surface area contributed by atoms with Crippen molar-refractivity contribution in [2.75, 3.05) is 7.11 Å². The van der Waals surface area contributed by atoms with Gasteiger partial charge in [-0.05, 0) is 36.3 Å². The van der Waals surface area contributed by atoms with Crippen LogP contribution in [0.5, 0.6) is 5.75 Å². The van der Waals surface area contributed by atoms with Crippen molar-refractivity contribution in [2.45, 2.75) is 44.8 Å². The smallest absolute Gasteiger partial charge is 0.163 e. The Kier molecular flexibility index (Phi) is 3.97. The highest BCUT2D eigenvalue weighted by Crippen LogP contribution is 2.40. The van der Waals surface area contributed by atoms with Crippen molar-refractivity contribution in [1.29, 1.82) is 0 Å². The van der Waals surface area contributed by atoms with Crippen LogP contribution in [-0.4, -0.2) is 22.0 Å². The number of benzene rings is 1. The average Bonchev–Trinajstić information content (AvgIpc) is 3.28. The maximum atomic E-state index is 10.7. The number of rotatable bonds is 6. The van der Waals surface area contributed by atoms with E-state index in [1.807, 2.05) is 16.8 Å². The summed E-state index contributed by atoms with van der Waals surface area (Å²) in [5.41, 5.74) is 2.99. The normalized spacial score (nSPS) is 16.0. The standard InChI is InChI=1S/C17H22N2O2/c1-3-10-19-16(15(21-2)11-18-19)17(20)14-8-6-13(7-9-14)12-4-5-12/h6-9,11-12,17,20H,3-5,10H2,1-2H3. The van der Waals surface area contributed by atoms with Crippen molar-refractivity contribution in [1.82, 2.24) is 9.78 Å². The van der Waals surface area contributed by atoms with Gasteiger partial charge >= 0.3 is 0 Å². The molecule has 0 bridgehead atoms. The van der Waals surface area contributed by atoms with Crippen LogP contribution < -0.4 is 4.74 Å². The van der Waals surface area contributed by atoms with E-state index >= 15 is 0 Å². The van der Waals surface area contributed by atoms with Crippen molar-refractivity contribution >= 4 is 0 Å². The summed E-state index contributed by atoms with van der Waals surface area (Å²) in [6.45, 7) is 2.87. The van der Waals surface area contributed by atoms with E-state index in [1.165, 1.54) is 18.4 Å². The van der Waals surface area contributed by atoms with Crippen LogP contribution in [0.25, 0.3) is 0 Å². The maximum Gasteiger partial charge on any atom is 0.163 e. The summed E-state index contributed by atoms with van der Waals surface area (Å²) in [5, 5.41) is 15.0. The molecule has 0 amide bonds. The van der Waals surface area contributed by atoms with E-state index in [0.29, 0.717) is 5.75 Å². The second kappa shape index (κ2) is 5.90. The van der Waals surface area contributed by atoms with Crippen LogP contribution in [0.15, 0.2) is 30.5 Å². The molecule has 0 spiro atoms. The number of aliphatic hydroxyl groups excluding tert-OH is 1. The molecule has 3 rings (SSSR count). The Morgan fingerprint density at radius 3 is 2.62 bits per heavy atom. The van der Waals surface area contributed by atoms with Gasteiger partial charge in [-0.1, -0.05) is 31.2 Å². The monoisotopic (exact) mass is 286 g/mol. The molecule has 1 heterocycles. The molecule has 0 radical (unpaired) electrons. The van der Waals surface area contributed by atoms with Gasteiger partial charge in [-0.15, -0.1) is 0 Å². The molecule has 1 saturated carbocycles. The molecule has 2 aromatic rings. The first kappa shape index (κ1) is 14.1. The first-order valence-electron chi connectivity index (χ1n) is 7.62. The quantitative estimate of drug-likeness (QED) is 0.886. The zero-order valence-corrected chi connectivity index (χ0v) is 12.6. The molecule has 1 unspecified atom stereocenters. The van der Waals surface area contributed by atoms with E-state index < -0.39 is 6.10 Å². The molecule has 21 heavy (non-hydrogen) atoms. The van der Waals surface area contributed by atoms with Gasteiger partial charge in [0, 0.05) is 6.54 Å². The SMILES string of the molecule is CCCn1ncc(OC)c1C(O)c1ccc(C2CC2)cc1. The number of aryl methyl sites for hydroxylation is 1. The van der Waals surface area contributed by atoms with Gasteiger partial charge in [-0.2, -0.15) is 5.10 Å². The molecule has 112 valence electrons. The molecule has 0 saturated heterocycles. The molecule has 0 aliphatic heterocycles. The number of methoxy groups -OCH3 is 1. The van der Waals surface area contributed by atoms with Crippen LogP contribution in [0, 0.1) is 0 Å². The van der Waals surface area contributed by atoms with Crippen LogP contribution in [-0.2, 0) is 6.54 Å². The van der Waals surface area contributed by atoms with Crippen molar-refractivity contribution in [3.05, 3.63) is 47.3 Å². The fraction of sp³-hybridized carbons (Fsp3) is 0.471. The Hall–Kier alpha value is -1.81. The minimum atomic E-state index is -0.706. The van der Waals surface area contributed by atoms with Crippen LogP contribution in [0.1, 0.15) is 55.0 Å². The summed E-state index contributed by atoms with van der Waals surface area (Å²) in [6, 6.07) is 8.29. The summed E-state index contributed by atoms with van der Waals surface area (Å²) in [6.07, 6.45) is 4.51. The van der Waals surface area contributed by atoms with Gasteiger partial charge in [-0.3, -0.25) is 4.68 Å². The third kappa shape index (κ3) is 2.81. The summed E-state index contributed by atoms with van der Waals surface area (Å²) in [4.78, 5) is 0. The van der Waals surface area contributed by atoms with Crippen LogP contribution in [0.2, 0.25) is 0 Å². The number of ether oxygens (including phenoxy) is 1. The molecule has 1 aliphatic carbocycles. The van der Waals surface area contributed by atoms with E-state index in [0.717, 1.165) is 30.1 Å². The Morgan fingerprint density at radius 1 is 1.33 bits per heavy atom. The summed E-state index contributed by atoms with van der Waals surface area (Å²) < 4.78 is 7.18. The second-order valence-corrected chi connectivity index (χ2v) is 5.66. The van der Waals surface area contributed by atoms with Crippen LogP contribution >= 0.6 is 0 Å². The molecule has 1 aliphatic rings. The number of nitrogens with zero attached hydrogens (tertiary/aromatic N) is 2. The highest BCUT2D eigenvalue weighted by molar-refractivity contribution is 5.37. The van der Waals surface area contributed by atoms with Gasteiger partial charge < -0.3 is 9.84 Å².